The molecule has 3 heteroatoms. The molecule has 0 aliphatic carbocycles. The predicted molar refractivity (Wildman–Crippen MR) is 77.4 cm³/mol. The van der Waals surface area contributed by atoms with Gasteiger partial charge in [0, 0.05) is 5.56 Å². The minimum absolute atomic E-state index is 0.204. The fourth-order valence-corrected chi connectivity index (χ4v) is 1.66. The molecular formula is C16H16N2O. The Morgan fingerprint density at radius 2 is 1.74 bits per heavy atom. The van der Waals surface area contributed by atoms with Crippen molar-refractivity contribution in [1.82, 2.24) is 5.43 Å². The third-order valence-corrected chi connectivity index (χ3v) is 2.87. The van der Waals surface area contributed by atoms with Crippen molar-refractivity contribution in [3.63, 3.8) is 0 Å². The average Bonchev–Trinajstić information content (AvgIpc) is 2.41. The molecule has 0 spiro atoms. The lowest BCUT2D eigenvalue weighted by Gasteiger charge is -2.01. The van der Waals surface area contributed by atoms with Crippen molar-refractivity contribution in [2.24, 2.45) is 5.10 Å². The van der Waals surface area contributed by atoms with Crippen molar-refractivity contribution in [2.45, 2.75) is 13.8 Å². The van der Waals surface area contributed by atoms with Gasteiger partial charge in [0.2, 0.25) is 0 Å². The summed E-state index contributed by atoms with van der Waals surface area (Å²) in [4.78, 5) is 11.8. The summed E-state index contributed by atoms with van der Waals surface area (Å²) in [5, 5.41) is 3.98. The van der Waals surface area contributed by atoms with Crippen LogP contribution in [-0.4, -0.2) is 12.1 Å². The number of carbonyl (C=O) groups excluding carboxylic acids is 1. The number of nitrogens with one attached hydrogen (secondary N) is 1. The quantitative estimate of drug-likeness (QED) is 0.662. The molecule has 0 unspecified atom stereocenters. The van der Waals surface area contributed by atoms with E-state index < -0.39 is 0 Å². The Bertz CT molecular complexity index is 600. The summed E-state index contributed by atoms with van der Waals surface area (Å²) in [7, 11) is 0. The van der Waals surface area contributed by atoms with Gasteiger partial charge in [0.05, 0.1) is 6.21 Å². The molecular weight excluding hydrogens is 236 g/mol. The number of hydrogen-bond donors (Lipinski definition) is 1. The van der Waals surface area contributed by atoms with E-state index >= 15 is 0 Å². The van der Waals surface area contributed by atoms with E-state index in [2.05, 4.69) is 10.5 Å². The molecule has 0 aliphatic rings. The molecule has 0 aliphatic heterocycles. The molecule has 0 fully saturated rings. The lowest BCUT2D eigenvalue weighted by molar-refractivity contribution is 0.0955. The zero-order chi connectivity index (χ0) is 13.7. The van der Waals surface area contributed by atoms with Crippen LogP contribution in [0.1, 0.15) is 27.0 Å². The minimum atomic E-state index is -0.204. The van der Waals surface area contributed by atoms with Gasteiger partial charge in [0.15, 0.2) is 0 Å². The maximum absolute atomic E-state index is 11.8. The molecule has 1 amide bonds. The van der Waals surface area contributed by atoms with E-state index in [0.717, 1.165) is 16.7 Å². The highest BCUT2D eigenvalue weighted by Gasteiger charge is 2.02. The Morgan fingerprint density at radius 1 is 1.05 bits per heavy atom. The molecule has 96 valence electrons. The fraction of sp³-hybridized carbons (Fsp3) is 0.125. The maximum Gasteiger partial charge on any atom is 0.271 e. The SMILES string of the molecule is Cc1ccc(C(=O)N/N=C\c2ccccc2C)cc1. The number of nitrogens with zero attached hydrogens (tertiary/aromatic N) is 1. The van der Waals surface area contributed by atoms with Crippen LogP contribution >= 0.6 is 0 Å². The van der Waals surface area contributed by atoms with Gasteiger partial charge in [0.25, 0.3) is 5.91 Å². The Morgan fingerprint density at radius 3 is 2.42 bits per heavy atom. The summed E-state index contributed by atoms with van der Waals surface area (Å²) in [5.41, 5.74) is 6.37. The normalized spacial score (nSPS) is 10.6. The van der Waals surface area contributed by atoms with Crippen LogP contribution in [0.3, 0.4) is 0 Å². The van der Waals surface area contributed by atoms with Crippen LogP contribution in [0, 0.1) is 13.8 Å². The molecule has 2 rings (SSSR count). The highest BCUT2D eigenvalue weighted by Crippen LogP contribution is 2.04. The van der Waals surface area contributed by atoms with E-state index in [1.807, 2.05) is 50.2 Å². The second-order valence-corrected chi connectivity index (χ2v) is 4.42. The van der Waals surface area contributed by atoms with Gasteiger partial charge >= 0.3 is 0 Å². The zero-order valence-corrected chi connectivity index (χ0v) is 11.1. The van der Waals surface area contributed by atoms with Gasteiger partial charge in [-0.05, 0) is 37.1 Å². The summed E-state index contributed by atoms with van der Waals surface area (Å²) in [6, 6.07) is 15.2. The van der Waals surface area contributed by atoms with E-state index in [-0.39, 0.29) is 5.91 Å². The largest absolute Gasteiger partial charge is 0.271 e. The van der Waals surface area contributed by atoms with Crippen LogP contribution in [0.25, 0.3) is 0 Å². The maximum atomic E-state index is 11.8. The van der Waals surface area contributed by atoms with E-state index in [1.165, 1.54) is 0 Å². The lowest BCUT2D eigenvalue weighted by atomic mass is 10.1. The highest BCUT2D eigenvalue weighted by molar-refractivity contribution is 5.95. The monoisotopic (exact) mass is 252 g/mol. The first-order valence-corrected chi connectivity index (χ1v) is 6.12. The van der Waals surface area contributed by atoms with Crippen LogP contribution in [0.15, 0.2) is 53.6 Å². The van der Waals surface area contributed by atoms with E-state index in [9.17, 15) is 4.79 Å². The molecule has 2 aromatic rings. The Hall–Kier alpha value is -2.42. The number of hydrogen-bond acceptors (Lipinski definition) is 2. The van der Waals surface area contributed by atoms with Crippen molar-refractivity contribution in [3.05, 3.63) is 70.8 Å². The average molecular weight is 252 g/mol. The molecule has 0 atom stereocenters. The predicted octanol–water partition coefficient (Wildman–Crippen LogP) is 3.07. The summed E-state index contributed by atoms with van der Waals surface area (Å²) in [6.45, 7) is 3.99. The topological polar surface area (TPSA) is 41.5 Å². The van der Waals surface area contributed by atoms with Crippen LogP contribution < -0.4 is 5.43 Å². The van der Waals surface area contributed by atoms with Gasteiger partial charge in [0.1, 0.15) is 0 Å². The van der Waals surface area contributed by atoms with E-state index in [4.69, 9.17) is 0 Å². The molecule has 1 N–H and O–H groups in total. The second kappa shape index (κ2) is 5.96. The van der Waals surface area contributed by atoms with E-state index in [1.54, 1.807) is 18.3 Å². The summed E-state index contributed by atoms with van der Waals surface area (Å²) in [6.07, 6.45) is 1.65. The van der Waals surface area contributed by atoms with Crippen LogP contribution in [0.5, 0.6) is 0 Å². The Labute approximate surface area is 113 Å². The van der Waals surface area contributed by atoms with Crippen LogP contribution in [0.2, 0.25) is 0 Å². The number of amides is 1. The van der Waals surface area contributed by atoms with Gasteiger partial charge in [-0.25, -0.2) is 5.43 Å². The molecule has 0 bridgehead atoms. The van der Waals surface area contributed by atoms with Gasteiger partial charge in [-0.15, -0.1) is 0 Å². The third kappa shape index (κ3) is 3.52. The second-order valence-electron chi connectivity index (χ2n) is 4.42. The summed E-state index contributed by atoms with van der Waals surface area (Å²) in [5.74, 6) is -0.204. The molecule has 0 saturated heterocycles. The smallest absolute Gasteiger partial charge is 0.267 e. The van der Waals surface area contributed by atoms with Crippen LogP contribution in [0.4, 0.5) is 0 Å². The first-order chi connectivity index (χ1) is 9.16. The molecule has 2 aromatic carbocycles. The molecule has 0 aromatic heterocycles. The third-order valence-electron chi connectivity index (χ3n) is 2.87. The molecule has 3 nitrogen and oxygen atoms in total. The lowest BCUT2D eigenvalue weighted by Crippen LogP contribution is -2.17. The summed E-state index contributed by atoms with van der Waals surface area (Å²) < 4.78 is 0. The number of hydrazone groups is 1. The minimum Gasteiger partial charge on any atom is -0.267 e. The zero-order valence-electron chi connectivity index (χ0n) is 11.1. The van der Waals surface area contributed by atoms with Gasteiger partial charge in [-0.1, -0.05) is 42.0 Å². The number of rotatable bonds is 3. The van der Waals surface area contributed by atoms with Crippen molar-refractivity contribution in [2.75, 3.05) is 0 Å². The molecule has 0 heterocycles. The van der Waals surface area contributed by atoms with Gasteiger partial charge < -0.3 is 0 Å². The fourth-order valence-electron chi connectivity index (χ4n) is 1.66. The first kappa shape index (κ1) is 13.0. The summed E-state index contributed by atoms with van der Waals surface area (Å²) >= 11 is 0. The number of carbonyl (C=O) groups is 1. The van der Waals surface area contributed by atoms with Crippen molar-refractivity contribution in [1.29, 1.82) is 0 Å². The van der Waals surface area contributed by atoms with Crippen LogP contribution in [-0.2, 0) is 0 Å². The standard InChI is InChI=1S/C16H16N2O/c1-12-7-9-14(10-8-12)16(19)18-17-11-15-6-4-3-5-13(15)2/h3-11H,1-2H3,(H,18,19)/b17-11-. The van der Waals surface area contributed by atoms with Crippen molar-refractivity contribution >= 4 is 12.1 Å². The van der Waals surface area contributed by atoms with Crippen molar-refractivity contribution < 1.29 is 4.79 Å². The molecule has 0 saturated carbocycles. The molecule has 0 radical (unpaired) electrons. The number of aryl methyl sites for hydroxylation is 2. The van der Waals surface area contributed by atoms with Crippen molar-refractivity contribution in [3.8, 4) is 0 Å². The Kier molecular flexibility index (Phi) is 4.08. The number of benzene rings is 2. The van der Waals surface area contributed by atoms with Gasteiger partial charge in [-0.2, -0.15) is 5.10 Å². The highest BCUT2D eigenvalue weighted by atomic mass is 16.2. The van der Waals surface area contributed by atoms with E-state index in [0.29, 0.717) is 5.56 Å². The van der Waals surface area contributed by atoms with Gasteiger partial charge in [-0.3, -0.25) is 4.79 Å². The Balaban J connectivity index is 2.01. The first-order valence-electron chi connectivity index (χ1n) is 6.12. The molecule has 19 heavy (non-hydrogen) atoms.